The average Bonchev–Trinajstić information content (AvgIpc) is 2.11. The first-order chi connectivity index (χ1) is 6.57. The molecule has 0 saturated heterocycles. The maximum Gasteiger partial charge on any atom is 0.314 e. The lowest BCUT2D eigenvalue weighted by molar-refractivity contribution is -0.383. The Morgan fingerprint density at radius 3 is 2.71 bits per heavy atom. The molecule has 0 bridgehead atoms. The van der Waals surface area contributed by atoms with Crippen molar-refractivity contribution in [3.63, 3.8) is 0 Å². The topological polar surface area (TPSA) is 72.6 Å². The van der Waals surface area contributed by atoms with Crippen LogP contribution in [0.25, 0.3) is 0 Å². The summed E-state index contributed by atoms with van der Waals surface area (Å²) in [4.78, 5) is 23.1. The van der Waals surface area contributed by atoms with Crippen LogP contribution in [0.2, 0.25) is 5.02 Å². The standard InChI is InChI=1S/C8H5ClN2O3/c1-5-2-3-6(10-4-12)8(7(5)9)11(13)14/h2-3H,1H3. The van der Waals surface area contributed by atoms with Crippen molar-refractivity contribution in [2.45, 2.75) is 6.92 Å². The zero-order valence-corrected chi connectivity index (χ0v) is 7.91. The maximum atomic E-state index is 10.6. The molecule has 72 valence electrons. The second-order valence-electron chi connectivity index (χ2n) is 2.52. The number of nitro benzene ring substituents is 1. The largest absolute Gasteiger partial charge is 0.314 e. The van der Waals surface area contributed by atoms with Crippen LogP contribution in [-0.2, 0) is 4.79 Å². The zero-order valence-electron chi connectivity index (χ0n) is 7.15. The normalized spacial score (nSPS) is 9.29. The lowest BCUT2D eigenvalue weighted by Crippen LogP contribution is -1.91. The van der Waals surface area contributed by atoms with Crippen LogP contribution in [0.5, 0.6) is 0 Å². The Kier molecular flexibility index (Phi) is 2.96. The maximum absolute atomic E-state index is 10.6. The Hall–Kier alpha value is -1.71. The molecule has 0 amide bonds. The summed E-state index contributed by atoms with van der Waals surface area (Å²) < 4.78 is 0. The van der Waals surface area contributed by atoms with Gasteiger partial charge in [0, 0.05) is 0 Å². The number of isocyanates is 1. The molecule has 0 unspecified atom stereocenters. The van der Waals surface area contributed by atoms with Gasteiger partial charge in [-0.1, -0.05) is 17.7 Å². The summed E-state index contributed by atoms with van der Waals surface area (Å²) in [5.74, 6) is 0. The highest BCUT2D eigenvalue weighted by molar-refractivity contribution is 6.34. The van der Waals surface area contributed by atoms with E-state index in [1.165, 1.54) is 12.1 Å². The molecule has 0 aliphatic carbocycles. The van der Waals surface area contributed by atoms with Crippen LogP contribution in [0.4, 0.5) is 11.4 Å². The van der Waals surface area contributed by atoms with Crippen molar-refractivity contribution in [1.82, 2.24) is 0 Å². The van der Waals surface area contributed by atoms with E-state index in [1.807, 2.05) is 0 Å². The fraction of sp³-hybridized carbons (Fsp3) is 0.125. The first-order valence-corrected chi connectivity index (χ1v) is 3.97. The molecular formula is C8H5ClN2O3. The van der Waals surface area contributed by atoms with E-state index >= 15 is 0 Å². The Morgan fingerprint density at radius 2 is 2.21 bits per heavy atom. The summed E-state index contributed by atoms with van der Waals surface area (Å²) in [7, 11) is 0. The van der Waals surface area contributed by atoms with Crippen LogP contribution in [0.1, 0.15) is 5.56 Å². The summed E-state index contributed by atoms with van der Waals surface area (Å²) >= 11 is 5.70. The van der Waals surface area contributed by atoms with Gasteiger partial charge in [0.25, 0.3) is 0 Å². The van der Waals surface area contributed by atoms with E-state index in [0.717, 1.165) is 0 Å². The number of aryl methyl sites for hydroxylation is 1. The van der Waals surface area contributed by atoms with Crippen LogP contribution < -0.4 is 0 Å². The minimum absolute atomic E-state index is 0.00787. The van der Waals surface area contributed by atoms with E-state index in [4.69, 9.17) is 11.6 Å². The highest BCUT2D eigenvalue weighted by Gasteiger charge is 2.20. The van der Waals surface area contributed by atoms with Gasteiger partial charge in [0.15, 0.2) is 5.69 Å². The molecular weight excluding hydrogens is 208 g/mol. The SMILES string of the molecule is Cc1ccc(N=C=O)c([N+](=O)[O-])c1Cl. The second-order valence-corrected chi connectivity index (χ2v) is 2.90. The van der Waals surface area contributed by atoms with Crippen molar-refractivity contribution in [3.8, 4) is 0 Å². The van der Waals surface area contributed by atoms with Gasteiger partial charge in [0.1, 0.15) is 5.02 Å². The molecule has 5 nitrogen and oxygen atoms in total. The molecule has 1 rings (SSSR count). The third-order valence-corrected chi connectivity index (χ3v) is 2.11. The van der Waals surface area contributed by atoms with Gasteiger partial charge in [-0.25, -0.2) is 4.79 Å². The predicted molar refractivity (Wildman–Crippen MR) is 50.6 cm³/mol. The molecule has 0 radical (unpaired) electrons. The molecule has 0 aliphatic rings. The summed E-state index contributed by atoms with van der Waals surface area (Å²) in [5.41, 5.74) is 0.110. The molecule has 6 heteroatoms. The van der Waals surface area contributed by atoms with Crippen LogP contribution in [0.3, 0.4) is 0 Å². The van der Waals surface area contributed by atoms with Gasteiger partial charge in [-0.15, -0.1) is 0 Å². The molecule has 0 atom stereocenters. The lowest BCUT2D eigenvalue weighted by atomic mass is 10.2. The van der Waals surface area contributed by atoms with Gasteiger partial charge >= 0.3 is 5.69 Å². The lowest BCUT2D eigenvalue weighted by Gasteiger charge is -2.00. The number of hydrogen-bond acceptors (Lipinski definition) is 4. The predicted octanol–water partition coefficient (Wildman–Crippen LogP) is 2.52. The molecule has 1 aromatic carbocycles. The van der Waals surface area contributed by atoms with Crippen LogP contribution in [0.15, 0.2) is 17.1 Å². The first-order valence-electron chi connectivity index (χ1n) is 3.59. The third-order valence-electron chi connectivity index (χ3n) is 1.64. The molecule has 0 N–H and O–H groups in total. The van der Waals surface area contributed by atoms with Crippen molar-refractivity contribution in [2.75, 3.05) is 0 Å². The van der Waals surface area contributed by atoms with Crippen molar-refractivity contribution >= 4 is 29.1 Å². The van der Waals surface area contributed by atoms with E-state index in [2.05, 4.69) is 4.99 Å². The Balaban J connectivity index is 3.52. The molecule has 0 heterocycles. The molecule has 1 aromatic rings. The summed E-state index contributed by atoms with van der Waals surface area (Å²) in [6.07, 6.45) is 1.24. The summed E-state index contributed by atoms with van der Waals surface area (Å²) in [5, 5.41) is 10.6. The summed E-state index contributed by atoms with van der Waals surface area (Å²) in [6.45, 7) is 1.63. The van der Waals surface area contributed by atoms with Crippen molar-refractivity contribution in [1.29, 1.82) is 0 Å². The smallest absolute Gasteiger partial charge is 0.258 e. The van der Waals surface area contributed by atoms with Gasteiger partial charge < -0.3 is 0 Å². The molecule has 0 saturated carbocycles. The van der Waals surface area contributed by atoms with Crippen molar-refractivity contribution < 1.29 is 9.72 Å². The van der Waals surface area contributed by atoms with E-state index in [0.29, 0.717) is 5.56 Å². The van der Waals surface area contributed by atoms with Crippen LogP contribution in [0, 0.1) is 17.0 Å². The van der Waals surface area contributed by atoms with Gasteiger partial charge in [-0.2, -0.15) is 4.99 Å². The minimum atomic E-state index is -0.675. The Bertz CT molecular complexity index is 438. The number of hydrogen-bond donors (Lipinski definition) is 0. The van der Waals surface area contributed by atoms with E-state index in [-0.39, 0.29) is 16.4 Å². The molecule has 0 aromatic heterocycles. The number of nitro groups is 1. The molecule has 14 heavy (non-hydrogen) atoms. The highest BCUT2D eigenvalue weighted by Crippen LogP contribution is 2.36. The molecule has 0 fully saturated rings. The number of nitrogens with zero attached hydrogens (tertiary/aromatic N) is 2. The third kappa shape index (κ3) is 1.79. The highest BCUT2D eigenvalue weighted by atomic mass is 35.5. The van der Waals surface area contributed by atoms with E-state index in [1.54, 1.807) is 13.0 Å². The van der Waals surface area contributed by atoms with E-state index in [9.17, 15) is 14.9 Å². The average molecular weight is 213 g/mol. The zero-order chi connectivity index (χ0) is 10.7. The monoisotopic (exact) mass is 212 g/mol. The number of benzene rings is 1. The van der Waals surface area contributed by atoms with Crippen LogP contribution >= 0.6 is 11.6 Å². The fourth-order valence-electron chi connectivity index (χ4n) is 0.968. The Morgan fingerprint density at radius 1 is 1.57 bits per heavy atom. The van der Waals surface area contributed by atoms with Gasteiger partial charge in [0.05, 0.1) is 4.92 Å². The fourth-order valence-corrected chi connectivity index (χ4v) is 1.20. The summed E-state index contributed by atoms with van der Waals surface area (Å²) in [6, 6.07) is 2.90. The first kappa shape index (κ1) is 10.4. The van der Waals surface area contributed by atoms with Crippen molar-refractivity contribution in [3.05, 3.63) is 32.8 Å². The number of carbonyl (C=O) groups excluding carboxylic acids is 1. The Labute approximate surface area is 84.2 Å². The molecule has 0 aliphatic heterocycles. The van der Waals surface area contributed by atoms with Crippen LogP contribution in [-0.4, -0.2) is 11.0 Å². The van der Waals surface area contributed by atoms with Gasteiger partial charge in [-0.05, 0) is 18.6 Å². The van der Waals surface area contributed by atoms with E-state index < -0.39 is 4.92 Å². The second kappa shape index (κ2) is 4.00. The molecule has 0 spiro atoms. The number of halogens is 1. The van der Waals surface area contributed by atoms with Gasteiger partial charge in [-0.3, -0.25) is 10.1 Å². The quantitative estimate of drug-likeness (QED) is 0.327. The minimum Gasteiger partial charge on any atom is -0.258 e. The number of rotatable bonds is 2. The van der Waals surface area contributed by atoms with Gasteiger partial charge in [0.2, 0.25) is 6.08 Å². The van der Waals surface area contributed by atoms with Crippen molar-refractivity contribution in [2.24, 2.45) is 4.99 Å². The number of aliphatic imine (C=N–C) groups is 1.